The van der Waals surface area contributed by atoms with Crippen LogP contribution in [0.25, 0.3) is 10.8 Å². The number of carbonyl (C=O) groups is 1. The molecule has 0 atom stereocenters. The van der Waals surface area contributed by atoms with E-state index in [4.69, 9.17) is 33.8 Å². The van der Waals surface area contributed by atoms with E-state index in [1.807, 2.05) is 30.3 Å². The van der Waals surface area contributed by atoms with E-state index < -0.39 is 5.97 Å². The summed E-state index contributed by atoms with van der Waals surface area (Å²) in [5.41, 5.74) is 6.71. The number of hydrogen-bond acceptors (Lipinski definition) is 3. The summed E-state index contributed by atoms with van der Waals surface area (Å²) in [5, 5.41) is 6.23. The minimum absolute atomic E-state index is 0.00740. The number of benzene rings is 3. The third kappa shape index (κ3) is 3.50. The van der Waals surface area contributed by atoms with Crippen LogP contribution in [0.3, 0.4) is 0 Å². The summed E-state index contributed by atoms with van der Waals surface area (Å²) in [6.07, 6.45) is 0. The standard InChI is InChI=1S/C18H12Cl2N2O2/c19-13-8-12(9-14(20)10-13)17(21)22-24-18(23)16-7-3-5-11-4-1-2-6-15(11)16/h1-10H,(H2,21,22). The maximum Gasteiger partial charge on any atom is 0.366 e. The quantitative estimate of drug-likeness (QED) is 0.321. The molecule has 0 heterocycles. The molecule has 0 aliphatic rings. The fourth-order valence-corrected chi connectivity index (χ4v) is 2.82. The number of oxime groups is 1. The molecule has 3 aromatic carbocycles. The summed E-state index contributed by atoms with van der Waals surface area (Å²) < 4.78 is 0. The first kappa shape index (κ1) is 16.3. The van der Waals surface area contributed by atoms with Crippen LogP contribution in [-0.4, -0.2) is 11.8 Å². The van der Waals surface area contributed by atoms with E-state index >= 15 is 0 Å². The van der Waals surface area contributed by atoms with Crippen molar-refractivity contribution >= 4 is 45.8 Å². The predicted molar refractivity (Wildman–Crippen MR) is 96.5 cm³/mol. The molecule has 0 amide bonds. The first-order valence-corrected chi connectivity index (χ1v) is 7.79. The van der Waals surface area contributed by atoms with Crippen molar-refractivity contribution in [3.8, 4) is 0 Å². The van der Waals surface area contributed by atoms with Gasteiger partial charge in [0.25, 0.3) is 0 Å². The number of hydrogen-bond donors (Lipinski definition) is 1. The third-order valence-electron chi connectivity index (χ3n) is 3.39. The lowest BCUT2D eigenvalue weighted by molar-refractivity contribution is 0.0518. The molecule has 0 aliphatic carbocycles. The predicted octanol–water partition coefficient (Wildman–Crippen LogP) is 4.62. The van der Waals surface area contributed by atoms with E-state index in [0.29, 0.717) is 21.2 Å². The zero-order valence-corrected chi connectivity index (χ0v) is 13.9. The Morgan fingerprint density at radius 3 is 2.38 bits per heavy atom. The highest BCUT2D eigenvalue weighted by Gasteiger charge is 2.12. The van der Waals surface area contributed by atoms with Crippen molar-refractivity contribution in [1.29, 1.82) is 0 Å². The molecule has 0 bridgehead atoms. The van der Waals surface area contributed by atoms with E-state index in [-0.39, 0.29) is 5.84 Å². The number of halogens is 2. The minimum Gasteiger partial charge on any atom is -0.380 e. The van der Waals surface area contributed by atoms with Gasteiger partial charge in [0.2, 0.25) is 0 Å². The van der Waals surface area contributed by atoms with Crippen molar-refractivity contribution in [3.05, 3.63) is 81.8 Å². The molecule has 4 nitrogen and oxygen atoms in total. The number of nitrogens with two attached hydrogens (primary N) is 1. The Labute approximate surface area is 148 Å². The van der Waals surface area contributed by atoms with Gasteiger partial charge in [0.1, 0.15) is 0 Å². The Kier molecular flexibility index (Phi) is 4.69. The van der Waals surface area contributed by atoms with Crippen molar-refractivity contribution < 1.29 is 9.63 Å². The lowest BCUT2D eigenvalue weighted by Crippen LogP contribution is -2.15. The Balaban J connectivity index is 1.86. The maximum atomic E-state index is 12.3. The van der Waals surface area contributed by atoms with Crippen molar-refractivity contribution in [2.45, 2.75) is 0 Å². The lowest BCUT2D eigenvalue weighted by Gasteiger charge is -2.05. The molecule has 0 aliphatic heterocycles. The molecule has 24 heavy (non-hydrogen) atoms. The van der Waals surface area contributed by atoms with Crippen LogP contribution in [0, 0.1) is 0 Å². The number of nitrogens with zero attached hydrogens (tertiary/aromatic N) is 1. The second kappa shape index (κ2) is 6.91. The molecule has 0 unspecified atom stereocenters. The summed E-state index contributed by atoms with van der Waals surface area (Å²) in [5.74, 6) is -0.587. The zero-order valence-electron chi connectivity index (χ0n) is 12.4. The second-order valence-corrected chi connectivity index (χ2v) is 5.91. The van der Waals surface area contributed by atoms with Crippen LogP contribution in [0.2, 0.25) is 10.0 Å². The molecule has 0 spiro atoms. The average molecular weight is 359 g/mol. The van der Waals surface area contributed by atoms with Gasteiger partial charge in [-0.05, 0) is 35.0 Å². The highest BCUT2D eigenvalue weighted by molar-refractivity contribution is 6.35. The molecule has 6 heteroatoms. The number of rotatable bonds is 3. The molecule has 3 aromatic rings. The maximum absolute atomic E-state index is 12.3. The molecule has 120 valence electrons. The summed E-state index contributed by atoms with van der Waals surface area (Å²) in [4.78, 5) is 17.3. The van der Waals surface area contributed by atoms with Crippen LogP contribution in [0.15, 0.2) is 65.8 Å². The van der Waals surface area contributed by atoms with Gasteiger partial charge in [0, 0.05) is 15.6 Å². The van der Waals surface area contributed by atoms with Gasteiger partial charge in [-0.15, -0.1) is 0 Å². The van der Waals surface area contributed by atoms with Crippen LogP contribution < -0.4 is 5.73 Å². The molecule has 0 saturated heterocycles. The molecule has 0 radical (unpaired) electrons. The highest BCUT2D eigenvalue weighted by Crippen LogP contribution is 2.20. The zero-order chi connectivity index (χ0) is 17.1. The first-order valence-electron chi connectivity index (χ1n) is 7.03. The Hall–Kier alpha value is -2.56. The normalized spacial score (nSPS) is 11.5. The smallest absolute Gasteiger partial charge is 0.366 e. The second-order valence-electron chi connectivity index (χ2n) is 5.04. The van der Waals surface area contributed by atoms with Gasteiger partial charge in [-0.2, -0.15) is 0 Å². The van der Waals surface area contributed by atoms with Crippen LogP contribution in [-0.2, 0) is 4.84 Å². The molecule has 3 rings (SSSR count). The largest absolute Gasteiger partial charge is 0.380 e. The van der Waals surface area contributed by atoms with Gasteiger partial charge in [-0.25, -0.2) is 4.79 Å². The van der Waals surface area contributed by atoms with Crippen LogP contribution in [0.1, 0.15) is 15.9 Å². The fraction of sp³-hybridized carbons (Fsp3) is 0. The summed E-state index contributed by atoms with van der Waals surface area (Å²) in [7, 11) is 0. The summed E-state index contributed by atoms with van der Waals surface area (Å²) >= 11 is 11.8. The van der Waals surface area contributed by atoms with Gasteiger partial charge in [0.15, 0.2) is 5.84 Å². The topological polar surface area (TPSA) is 64.7 Å². The molecular weight excluding hydrogens is 347 g/mol. The minimum atomic E-state index is -0.595. The number of fused-ring (bicyclic) bond motifs is 1. The van der Waals surface area contributed by atoms with Crippen molar-refractivity contribution in [3.63, 3.8) is 0 Å². The van der Waals surface area contributed by atoms with Crippen LogP contribution in [0.4, 0.5) is 0 Å². The van der Waals surface area contributed by atoms with E-state index in [1.165, 1.54) is 0 Å². The summed E-state index contributed by atoms with van der Waals surface area (Å²) in [6.45, 7) is 0. The van der Waals surface area contributed by atoms with Crippen LogP contribution >= 0.6 is 23.2 Å². The van der Waals surface area contributed by atoms with Gasteiger partial charge in [0.05, 0.1) is 5.56 Å². The van der Waals surface area contributed by atoms with Crippen molar-refractivity contribution in [2.75, 3.05) is 0 Å². The van der Waals surface area contributed by atoms with E-state index in [1.54, 1.807) is 30.3 Å². The van der Waals surface area contributed by atoms with Crippen molar-refractivity contribution in [1.82, 2.24) is 0 Å². The first-order chi connectivity index (χ1) is 11.5. The highest BCUT2D eigenvalue weighted by atomic mass is 35.5. The van der Waals surface area contributed by atoms with Crippen molar-refractivity contribution in [2.24, 2.45) is 10.9 Å². The van der Waals surface area contributed by atoms with E-state index in [9.17, 15) is 4.79 Å². The Morgan fingerprint density at radius 2 is 1.62 bits per heavy atom. The summed E-state index contributed by atoms with van der Waals surface area (Å²) in [6, 6.07) is 17.6. The van der Waals surface area contributed by atoms with Crippen LogP contribution in [0.5, 0.6) is 0 Å². The third-order valence-corrected chi connectivity index (χ3v) is 3.83. The molecule has 2 N–H and O–H groups in total. The van der Waals surface area contributed by atoms with Gasteiger partial charge >= 0.3 is 5.97 Å². The number of amidine groups is 1. The Bertz CT molecular complexity index is 929. The monoisotopic (exact) mass is 358 g/mol. The lowest BCUT2D eigenvalue weighted by atomic mass is 10.1. The van der Waals surface area contributed by atoms with Gasteiger partial charge < -0.3 is 10.6 Å². The molecular formula is C18H12Cl2N2O2. The van der Waals surface area contributed by atoms with Gasteiger partial charge in [-0.3, -0.25) is 0 Å². The SMILES string of the molecule is N/C(=N/OC(=O)c1cccc2ccccc12)c1cc(Cl)cc(Cl)c1. The molecule has 0 aromatic heterocycles. The average Bonchev–Trinajstić information content (AvgIpc) is 2.58. The Morgan fingerprint density at radius 1 is 0.958 bits per heavy atom. The van der Waals surface area contributed by atoms with Gasteiger partial charge in [-0.1, -0.05) is 64.8 Å². The molecule has 0 saturated carbocycles. The van der Waals surface area contributed by atoms with E-state index in [2.05, 4.69) is 5.16 Å². The number of carbonyl (C=O) groups excluding carboxylic acids is 1. The van der Waals surface area contributed by atoms with E-state index in [0.717, 1.165) is 10.8 Å². The molecule has 0 fully saturated rings. The fourth-order valence-electron chi connectivity index (χ4n) is 2.30.